The summed E-state index contributed by atoms with van der Waals surface area (Å²) in [5.74, 6) is 0.475. The molecule has 2 aromatic rings. The number of carbonyl (C=O) groups is 1. The maximum atomic E-state index is 12.7. The minimum atomic E-state index is -0.666. The maximum Gasteiger partial charge on any atom is 0.330 e. The third-order valence-corrected chi connectivity index (χ3v) is 4.54. The number of hydrogen-bond acceptors (Lipinski definition) is 5. The molecule has 0 aliphatic rings. The Bertz CT molecular complexity index is 933. The molecule has 2 rings (SSSR count). The monoisotopic (exact) mass is 388 g/mol. The third kappa shape index (κ3) is 4.82. The van der Waals surface area contributed by atoms with Crippen molar-refractivity contribution in [3.63, 3.8) is 0 Å². The molecule has 152 valence electrons. The Morgan fingerprint density at radius 3 is 2.64 bits per heavy atom. The first-order valence-corrected chi connectivity index (χ1v) is 9.50. The van der Waals surface area contributed by atoms with E-state index >= 15 is 0 Å². The second-order valence-electron chi connectivity index (χ2n) is 6.49. The van der Waals surface area contributed by atoms with Gasteiger partial charge in [0.2, 0.25) is 5.91 Å². The molecule has 8 nitrogen and oxygen atoms in total. The molecule has 0 radical (unpaired) electrons. The number of nitrogen functional groups attached to an aromatic ring is 1. The first-order chi connectivity index (χ1) is 13.4. The van der Waals surface area contributed by atoms with E-state index in [0.717, 1.165) is 24.2 Å². The molecular weight excluding hydrogens is 360 g/mol. The molecule has 0 atom stereocenters. The van der Waals surface area contributed by atoms with Crippen LogP contribution in [-0.4, -0.2) is 29.1 Å². The van der Waals surface area contributed by atoms with Gasteiger partial charge in [-0.15, -0.1) is 0 Å². The van der Waals surface area contributed by atoms with Crippen molar-refractivity contribution in [2.75, 3.05) is 24.3 Å². The summed E-state index contributed by atoms with van der Waals surface area (Å²) in [5.41, 5.74) is 5.75. The van der Waals surface area contributed by atoms with Crippen LogP contribution >= 0.6 is 0 Å². The summed E-state index contributed by atoms with van der Waals surface area (Å²) in [6.07, 6.45) is 2.25. The van der Waals surface area contributed by atoms with Crippen LogP contribution < -0.4 is 26.6 Å². The Hall–Kier alpha value is -3.03. The third-order valence-electron chi connectivity index (χ3n) is 4.54. The fraction of sp³-hybridized carbons (Fsp3) is 0.450. The SMILES string of the molecule is CCCCn1c(N)c(N(C)C(=O)CCc2ccccc2OCC)c(=O)[nH]c1=O. The van der Waals surface area contributed by atoms with Gasteiger partial charge in [-0.2, -0.15) is 0 Å². The van der Waals surface area contributed by atoms with E-state index in [1.807, 2.05) is 38.1 Å². The zero-order valence-corrected chi connectivity index (χ0v) is 16.7. The molecule has 0 bridgehead atoms. The smallest absolute Gasteiger partial charge is 0.330 e. The molecule has 0 fully saturated rings. The van der Waals surface area contributed by atoms with Crippen LogP contribution in [0.4, 0.5) is 11.5 Å². The van der Waals surface area contributed by atoms with Gasteiger partial charge in [0.15, 0.2) is 5.69 Å². The molecule has 28 heavy (non-hydrogen) atoms. The number of nitrogens with one attached hydrogen (secondary N) is 1. The number of anilines is 2. The summed E-state index contributed by atoms with van der Waals surface area (Å²) in [6.45, 7) is 4.81. The van der Waals surface area contributed by atoms with Gasteiger partial charge in [-0.25, -0.2) is 4.79 Å². The average molecular weight is 388 g/mol. The van der Waals surface area contributed by atoms with Crippen LogP contribution in [-0.2, 0) is 17.8 Å². The van der Waals surface area contributed by atoms with Crippen molar-refractivity contribution in [3.05, 3.63) is 50.7 Å². The summed E-state index contributed by atoms with van der Waals surface area (Å²) in [6, 6.07) is 7.53. The summed E-state index contributed by atoms with van der Waals surface area (Å²) < 4.78 is 6.88. The predicted octanol–water partition coefficient (Wildman–Crippen LogP) is 1.91. The number of benzene rings is 1. The fourth-order valence-corrected chi connectivity index (χ4v) is 2.98. The maximum absolute atomic E-state index is 12.7. The molecule has 3 N–H and O–H groups in total. The number of aromatic nitrogens is 2. The van der Waals surface area contributed by atoms with Gasteiger partial charge >= 0.3 is 5.69 Å². The lowest BCUT2D eigenvalue weighted by atomic mass is 10.1. The van der Waals surface area contributed by atoms with E-state index < -0.39 is 11.2 Å². The number of aromatic amines is 1. The van der Waals surface area contributed by atoms with Crippen LogP contribution in [0.1, 0.15) is 38.7 Å². The topological polar surface area (TPSA) is 110 Å². The first-order valence-electron chi connectivity index (χ1n) is 9.50. The second kappa shape index (κ2) is 9.77. The first kappa shape index (κ1) is 21.3. The largest absolute Gasteiger partial charge is 0.494 e. The number of unbranched alkanes of at least 4 members (excludes halogenated alkanes) is 1. The molecule has 0 aliphatic heterocycles. The molecule has 0 unspecified atom stereocenters. The Labute approximate surface area is 163 Å². The number of rotatable bonds is 9. The predicted molar refractivity (Wildman–Crippen MR) is 110 cm³/mol. The van der Waals surface area contributed by atoms with Gasteiger partial charge < -0.3 is 15.4 Å². The van der Waals surface area contributed by atoms with Gasteiger partial charge in [-0.1, -0.05) is 31.5 Å². The van der Waals surface area contributed by atoms with Crippen LogP contribution in [0.2, 0.25) is 0 Å². The van der Waals surface area contributed by atoms with Gasteiger partial charge in [0, 0.05) is 20.0 Å². The highest BCUT2D eigenvalue weighted by Gasteiger charge is 2.21. The Kier molecular flexibility index (Phi) is 7.43. The second-order valence-corrected chi connectivity index (χ2v) is 6.49. The van der Waals surface area contributed by atoms with Crippen LogP contribution in [0.5, 0.6) is 5.75 Å². The van der Waals surface area contributed by atoms with Crippen LogP contribution in [0.3, 0.4) is 0 Å². The number of nitrogens with two attached hydrogens (primary N) is 1. The van der Waals surface area contributed by atoms with Crippen molar-refractivity contribution in [1.29, 1.82) is 0 Å². The molecule has 0 saturated heterocycles. The molecular formula is C20H28N4O4. The highest BCUT2D eigenvalue weighted by molar-refractivity contribution is 5.95. The van der Waals surface area contributed by atoms with Gasteiger partial charge in [0.1, 0.15) is 11.6 Å². The number of para-hydroxylation sites is 1. The van der Waals surface area contributed by atoms with Crippen molar-refractivity contribution in [3.8, 4) is 5.75 Å². The summed E-state index contributed by atoms with van der Waals surface area (Å²) in [5, 5.41) is 0. The van der Waals surface area contributed by atoms with Crippen LogP contribution in [0.25, 0.3) is 0 Å². The highest BCUT2D eigenvalue weighted by Crippen LogP contribution is 2.21. The fourth-order valence-electron chi connectivity index (χ4n) is 2.98. The molecule has 0 saturated carbocycles. The molecule has 8 heteroatoms. The van der Waals surface area contributed by atoms with Crippen LogP contribution in [0.15, 0.2) is 33.9 Å². The highest BCUT2D eigenvalue weighted by atomic mass is 16.5. The van der Waals surface area contributed by atoms with E-state index in [4.69, 9.17) is 10.5 Å². The van der Waals surface area contributed by atoms with E-state index in [2.05, 4.69) is 4.98 Å². The zero-order valence-electron chi connectivity index (χ0n) is 16.7. The van der Waals surface area contributed by atoms with E-state index in [0.29, 0.717) is 19.6 Å². The average Bonchev–Trinajstić information content (AvgIpc) is 2.66. The van der Waals surface area contributed by atoms with E-state index in [1.165, 1.54) is 16.5 Å². The number of ether oxygens (including phenoxy) is 1. The number of aryl methyl sites for hydroxylation is 1. The summed E-state index contributed by atoms with van der Waals surface area (Å²) >= 11 is 0. The van der Waals surface area contributed by atoms with Crippen molar-refractivity contribution in [1.82, 2.24) is 9.55 Å². The van der Waals surface area contributed by atoms with Crippen molar-refractivity contribution < 1.29 is 9.53 Å². The number of nitrogens with zero attached hydrogens (tertiary/aromatic N) is 2. The lowest BCUT2D eigenvalue weighted by molar-refractivity contribution is -0.118. The molecule has 0 aliphatic carbocycles. The molecule has 1 heterocycles. The lowest BCUT2D eigenvalue weighted by Gasteiger charge is -2.20. The molecule has 0 spiro atoms. The normalized spacial score (nSPS) is 10.7. The Morgan fingerprint density at radius 2 is 1.96 bits per heavy atom. The molecule has 1 amide bonds. The van der Waals surface area contributed by atoms with Gasteiger partial charge in [0.25, 0.3) is 5.56 Å². The van der Waals surface area contributed by atoms with Crippen LogP contribution in [0, 0.1) is 0 Å². The number of carbonyl (C=O) groups excluding carboxylic acids is 1. The molecule has 1 aromatic carbocycles. The Morgan fingerprint density at radius 1 is 1.25 bits per heavy atom. The summed E-state index contributed by atoms with van der Waals surface area (Å²) in [4.78, 5) is 40.5. The van der Waals surface area contributed by atoms with E-state index in [-0.39, 0.29) is 23.8 Å². The Balaban J connectivity index is 2.22. The number of amides is 1. The quantitative estimate of drug-likeness (QED) is 0.682. The van der Waals surface area contributed by atoms with E-state index in [1.54, 1.807) is 0 Å². The van der Waals surface area contributed by atoms with Crippen molar-refractivity contribution in [2.24, 2.45) is 0 Å². The number of hydrogen-bond donors (Lipinski definition) is 2. The van der Waals surface area contributed by atoms with Gasteiger partial charge in [0.05, 0.1) is 6.61 Å². The standard InChI is InChI=1S/C20H28N4O4/c1-4-6-13-24-18(21)17(19(26)22-20(24)27)23(3)16(25)12-11-14-9-7-8-10-15(14)28-5-2/h7-10H,4-6,11-13,21H2,1-3H3,(H,22,26,27). The van der Waals surface area contributed by atoms with Gasteiger partial charge in [-0.3, -0.25) is 19.1 Å². The van der Waals surface area contributed by atoms with Crippen molar-refractivity contribution >= 4 is 17.4 Å². The number of H-pyrrole nitrogens is 1. The minimum Gasteiger partial charge on any atom is -0.494 e. The minimum absolute atomic E-state index is 0.00111. The molecule has 1 aromatic heterocycles. The van der Waals surface area contributed by atoms with E-state index in [9.17, 15) is 14.4 Å². The zero-order chi connectivity index (χ0) is 20.7. The van der Waals surface area contributed by atoms with Gasteiger partial charge in [-0.05, 0) is 31.4 Å². The lowest BCUT2D eigenvalue weighted by Crippen LogP contribution is -2.39. The van der Waals surface area contributed by atoms with Crippen molar-refractivity contribution in [2.45, 2.75) is 46.1 Å². The summed E-state index contributed by atoms with van der Waals surface area (Å²) in [7, 11) is 1.49.